The molecule has 0 saturated carbocycles. The van der Waals surface area contributed by atoms with Crippen LogP contribution in [0.4, 0.5) is 16.2 Å². The number of nitro groups is 1. The molecule has 2 aromatic rings. The van der Waals surface area contributed by atoms with E-state index in [2.05, 4.69) is 5.32 Å². The zero-order valence-electron chi connectivity index (χ0n) is 12.4. The Morgan fingerprint density at radius 1 is 1.18 bits per heavy atom. The van der Waals surface area contributed by atoms with Gasteiger partial charge in [0.15, 0.2) is 0 Å². The van der Waals surface area contributed by atoms with E-state index in [1.807, 2.05) is 25.1 Å². The van der Waals surface area contributed by atoms with E-state index < -0.39 is 4.92 Å². The second-order valence-electron chi connectivity index (χ2n) is 4.94. The van der Waals surface area contributed by atoms with Crippen LogP contribution in [0.15, 0.2) is 54.6 Å². The van der Waals surface area contributed by atoms with Crippen molar-refractivity contribution in [1.29, 1.82) is 0 Å². The molecule has 2 rings (SSSR count). The van der Waals surface area contributed by atoms with E-state index in [9.17, 15) is 14.9 Å². The number of non-ortho nitro benzene ring substituents is 1. The first-order valence-electron chi connectivity index (χ1n) is 6.82. The smallest absolute Gasteiger partial charge is 0.321 e. The molecule has 2 amide bonds. The first-order valence-corrected chi connectivity index (χ1v) is 6.82. The predicted molar refractivity (Wildman–Crippen MR) is 84.7 cm³/mol. The standard InChI is InChI=1S/C16H17N3O3/c1-12(13-7-6-10-15(11-13)19(21)22)18(2)16(20)17-14-8-4-3-5-9-14/h3-12H,1-2H3,(H,17,20)/t12-/m1/s1. The highest BCUT2D eigenvalue weighted by Gasteiger charge is 2.19. The summed E-state index contributed by atoms with van der Waals surface area (Å²) in [6.45, 7) is 1.82. The van der Waals surface area contributed by atoms with Gasteiger partial charge in [0.05, 0.1) is 11.0 Å². The largest absolute Gasteiger partial charge is 0.322 e. The monoisotopic (exact) mass is 299 g/mol. The number of nitro benzene ring substituents is 1. The molecule has 2 aromatic carbocycles. The highest BCUT2D eigenvalue weighted by Crippen LogP contribution is 2.23. The van der Waals surface area contributed by atoms with Gasteiger partial charge in [-0.15, -0.1) is 0 Å². The summed E-state index contributed by atoms with van der Waals surface area (Å²) >= 11 is 0. The van der Waals surface area contributed by atoms with Crippen molar-refractivity contribution >= 4 is 17.4 Å². The fraction of sp³-hybridized carbons (Fsp3) is 0.188. The van der Waals surface area contributed by atoms with E-state index >= 15 is 0 Å². The van der Waals surface area contributed by atoms with Gasteiger partial charge in [-0.1, -0.05) is 30.3 Å². The number of urea groups is 1. The molecule has 0 aliphatic carbocycles. The first kappa shape index (κ1) is 15.5. The number of amides is 2. The van der Waals surface area contributed by atoms with Gasteiger partial charge >= 0.3 is 6.03 Å². The molecule has 0 fully saturated rings. The van der Waals surface area contributed by atoms with Crippen LogP contribution in [0.25, 0.3) is 0 Å². The Bertz CT molecular complexity index is 673. The molecule has 0 aliphatic heterocycles. The zero-order chi connectivity index (χ0) is 16.1. The van der Waals surface area contributed by atoms with E-state index in [1.165, 1.54) is 17.0 Å². The van der Waals surface area contributed by atoms with Gasteiger partial charge < -0.3 is 10.2 Å². The molecule has 0 saturated heterocycles. The van der Waals surface area contributed by atoms with E-state index in [-0.39, 0.29) is 17.8 Å². The van der Waals surface area contributed by atoms with Crippen molar-refractivity contribution in [3.63, 3.8) is 0 Å². The number of nitrogens with one attached hydrogen (secondary N) is 1. The molecule has 1 atom stereocenters. The van der Waals surface area contributed by atoms with Crippen molar-refractivity contribution in [2.75, 3.05) is 12.4 Å². The van der Waals surface area contributed by atoms with Crippen molar-refractivity contribution in [1.82, 2.24) is 4.90 Å². The fourth-order valence-corrected chi connectivity index (χ4v) is 2.03. The average Bonchev–Trinajstić information content (AvgIpc) is 2.54. The Hall–Kier alpha value is -2.89. The van der Waals surface area contributed by atoms with E-state index in [4.69, 9.17) is 0 Å². The summed E-state index contributed by atoms with van der Waals surface area (Å²) in [5, 5.41) is 13.6. The average molecular weight is 299 g/mol. The minimum atomic E-state index is -0.444. The zero-order valence-corrected chi connectivity index (χ0v) is 12.4. The molecule has 0 aromatic heterocycles. The third kappa shape index (κ3) is 3.60. The molecule has 114 valence electrons. The van der Waals surface area contributed by atoms with Gasteiger partial charge in [0.25, 0.3) is 5.69 Å². The van der Waals surface area contributed by atoms with Crippen LogP contribution in [-0.4, -0.2) is 22.9 Å². The van der Waals surface area contributed by atoms with Crippen molar-refractivity contribution in [2.24, 2.45) is 0 Å². The third-order valence-corrected chi connectivity index (χ3v) is 3.49. The number of carbonyl (C=O) groups is 1. The minimum absolute atomic E-state index is 0.0150. The minimum Gasteiger partial charge on any atom is -0.321 e. The molecular weight excluding hydrogens is 282 g/mol. The van der Waals surface area contributed by atoms with Crippen molar-refractivity contribution < 1.29 is 9.72 Å². The molecule has 0 bridgehead atoms. The molecule has 6 nitrogen and oxygen atoms in total. The number of anilines is 1. The quantitative estimate of drug-likeness (QED) is 0.688. The lowest BCUT2D eigenvalue weighted by Gasteiger charge is -2.25. The van der Waals surface area contributed by atoms with Crippen LogP contribution >= 0.6 is 0 Å². The lowest BCUT2D eigenvalue weighted by molar-refractivity contribution is -0.384. The number of carbonyl (C=O) groups excluding carboxylic acids is 1. The summed E-state index contributed by atoms with van der Waals surface area (Å²) in [5.74, 6) is 0. The number of benzene rings is 2. The van der Waals surface area contributed by atoms with Crippen molar-refractivity contribution in [3.8, 4) is 0 Å². The Balaban J connectivity index is 2.11. The van der Waals surface area contributed by atoms with Crippen LogP contribution < -0.4 is 5.32 Å². The van der Waals surface area contributed by atoms with Crippen LogP contribution in [0.1, 0.15) is 18.5 Å². The van der Waals surface area contributed by atoms with Crippen LogP contribution in [0, 0.1) is 10.1 Å². The van der Waals surface area contributed by atoms with Crippen LogP contribution in [0.5, 0.6) is 0 Å². The normalized spacial score (nSPS) is 11.5. The van der Waals surface area contributed by atoms with Crippen molar-refractivity contribution in [3.05, 3.63) is 70.3 Å². The van der Waals surface area contributed by atoms with E-state index in [0.29, 0.717) is 11.3 Å². The van der Waals surface area contributed by atoms with Gasteiger partial charge in [-0.25, -0.2) is 4.79 Å². The number of rotatable bonds is 4. The Morgan fingerprint density at radius 3 is 2.50 bits per heavy atom. The summed E-state index contributed by atoms with van der Waals surface area (Å²) in [4.78, 5) is 24.1. The van der Waals surface area contributed by atoms with Gasteiger partial charge in [-0.3, -0.25) is 10.1 Å². The predicted octanol–water partition coefficient (Wildman–Crippen LogP) is 3.82. The summed E-state index contributed by atoms with van der Waals surface area (Å²) in [6.07, 6.45) is 0. The molecule has 1 N–H and O–H groups in total. The molecule has 6 heteroatoms. The molecule has 0 aliphatic rings. The molecule has 22 heavy (non-hydrogen) atoms. The SMILES string of the molecule is C[C@H](c1cccc([N+](=O)[O-])c1)N(C)C(=O)Nc1ccccc1. The molecule has 0 radical (unpaired) electrons. The molecule has 0 spiro atoms. The summed E-state index contributed by atoms with van der Waals surface area (Å²) in [5.41, 5.74) is 1.42. The summed E-state index contributed by atoms with van der Waals surface area (Å²) in [6, 6.07) is 14.9. The topological polar surface area (TPSA) is 75.5 Å². The van der Waals surface area contributed by atoms with Gasteiger partial charge in [-0.05, 0) is 24.6 Å². The van der Waals surface area contributed by atoms with Gasteiger partial charge in [-0.2, -0.15) is 0 Å². The van der Waals surface area contributed by atoms with E-state index in [0.717, 1.165) is 0 Å². The first-order chi connectivity index (χ1) is 10.5. The van der Waals surface area contributed by atoms with Gasteiger partial charge in [0.1, 0.15) is 0 Å². The lowest BCUT2D eigenvalue weighted by atomic mass is 10.1. The maximum atomic E-state index is 12.2. The van der Waals surface area contributed by atoms with E-state index in [1.54, 1.807) is 31.3 Å². The highest BCUT2D eigenvalue weighted by atomic mass is 16.6. The molecule has 0 heterocycles. The van der Waals surface area contributed by atoms with Gasteiger partial charge in [0.2, 0.25) is 0 Å². The Morgan fingerprint density at radius 2 is 1.86 bits per heavy atom. The molecule has 0 unspecified atom stereocenters. The Labute approximate surface area is 128 Å². The number of hydrogen-bond donors (Lipinski definition) is 1. The number of hydrogen-bond acceptors (Lipinski definition) is 3. The summed E-state index contributed by atoms with van der Waals surface area (Å²) in [7, 11) is 1.65. The maximum Gasteiger partial charge on any atom is 0.322 e. The third-order valence-electron chi connectivity index (χ3n) is 3.49. The summed E-state index contributed by atoms with van der Waals surface area (Å²) < 4.78 is 0. The van der Waals surface area contributed by atoms with Crippen molar-refractivity contribution in [2.45, 2.75) is 13.0 Å². The van der Waals surface area contributed by atoms with Gasteiger partial charge in [0, 0.05) is 24.9 Å². The number of nitrogens with zero attached hydrogens (tertiary/aromatic N) is 2. The van der Waals surface area contributed by atoms with Crippen LogP contribution in [0.2, 0.25) is 0 Å². The fourth-order valence-electron chi connectivity index (χ4n) is 2.03. The number of para-hydroxylation sites is 1. The maximum absolute atomic E-state index is 12.2. The van der Waals surface area contributed by atoms with Crippen LogP contribution in [-0.2, 0) is 0 Å². The second kappa shape index (κ2) is 6.71. The molecular formula is C16H17N3O3. The highest BCUT2D eigenvalue weighted by molar-refractivity contribution is 5.89. The Kier molecular flexibility index (Phi) is 4.73. The lowest BCUT2D eigenvalue weighted by Crippen LogP contribution is -2.33. The van der Waals surface area contributed by atoms with Crippen LogP contribution in [0.3, 0.4) is 0 Å². The second-order valence-corrected chi connectivity index (χ2v) is 4.94.